The molecule has 2 aliphatic rings. The Morgan fingerprint density at radius 3 is 2.57 bits per heavy atom. The fourth-order valence-corrected chi connectivity index (χ4v) is 2.96. The van der Waals surface area contributed by atoms with Crippen LogP contribution in [0, 0.1) is 0 Å². The molecule has 2 aliphatic heterocycles. The van der Waals surface area contributed by atoms with Crippen LogP contribution in [0.25, 0.3) is 0 Å². The van der Waals surface area contributed by atoms with Crippen molar-refractivity contribution in [1.82, 2.24) is 15.1 Å². The lowest BCUT2D eigenvalue weighted by molar-refractivity contribution is -0.143. The molecule has 118 valence electrons. The molecule has 2 N–H and O–H groups in total. The first-order valence-electron chi connectivity index (χ1n) is 7.44. The fraction of sp³-hybridized carbons (Fsp3) is 0.786. The predicted octanol–water partition coefficient (Wildman–Crippen LogP) is 0.646. The van der Waals surface area contributed by atoms with E-state index in [1.165, 1.54) is 4.90 Å². The molecule has 2 fully saturated rings. The maximum atomic E-state index is 12.1. The molecule has 1 unspecified atom stereocenters. The van der Waals surface area contributed by atoms with E-state index in [4.69, 9.17) is 0 Å². The second kappa shape index (κ2) is 6.01. The number of imide groups is 1. The van der Waals surface area contributed by atoms with Gasteiger partial charge in [0.2, 0.25) is 0 Å². The molecule has 0 spiro atoms. The van der Waals surface area contributed by atoms with Crippen molar-refractivity contribution in [2.24, 2.45) is 0 Å². The van der Waals surface area contributed by atoms with Crippen molar-refractivity contribution in [3.05, 3.63) is 0 Å². The van der Waals surface area contributed by atoms with Gasteiger partial charge in [-0.15, -0.1) is 0 Å². The van der Waals surface area contributed by atoms with E-state index in [0.29, 0.717) is 19.5 Å². The number of carbonyl (C=O) groups is 3. The summed E-state index contributed by atoms with van der Waals surface area (Å²) in [5.74, 6) is -1.08. The van der Waals surface area contributed by atoms with E-state index < -0.39 is 23.6 Å². The predicted molar refractivity (Wildman–Crippen MR) is 75.8 cm³/mol. The van der Waals surface area contributed by atoms with Crippen molar-refractivity contribution in [3.8, 4) is 0 Å². The molecule has 1 atom stereocenters. The molecule has 0 aromatic carbocycles. The number of nitrogens with one attached hydrogen (secondary N) is 1. The zero-order valence-corrected chi connectivity index (χ0v) is 12.6. The quantitative estimate of drug-likeness (QED) is 0.743. The summed E-state index contributed by atoms with van der Waals surface area (Å²) in [6, 6.07) is -0.909. The Bertz CT molecular complexity index is 450. The third-order valence-electron chi connectivity index (χ3n) is 4.20. The van der Waals surface area contributed by atoms with Crippen LogP contribution >= 0.6 is 0 Å². The third kappa shape index (κ3) is 3.34. The van der Waals surface area contributed by atoms with E-state index in [9.17, 15) is 19.5 Å². The van der Waals surface area contributed by atoms with Crippen LogP contribution in [-0.4, -0.2) is 64.0 Å². The normalized spacial score (nSPS) is 26.6. The highest BCUT2D eigenvalue weighted by molar-refractivity contribution is 6.06. The van der Waals surface area contributed by atoms with Gasteiger partial charge in [-0.1, -0.05) is 12.8 Å². The van der Waals surface area contributed by atoms with Gasteiger partial charge in [0.15, 0.2) is 0 Å². The van der Waals surface area contributed by atoms with E-state index in [1.807, 2.05) is 4.90 Å². The first-order chi connectivity index (χ1) is 9.83. The van der Waals surface area contributed by atoms with Crippen molar-refractivity contribution in [1.29, 1.82) is 0 Å². The number of urea groups is 1. The van der Waals surface area contributed by atoms with Crippen LogP contribution in [0.1, 0.15) is 39.5 Å². The molecule has 0 aromatic heterocycles. The van der Waals surface area contributed by atoms with Crippen LogP contribution in [0.3, 0.4) is 0 Å². The number of carboxylic acid groups (broad SMARTS) is 1. The number of likely N-dealkylation sites (tertiary alicyclic amines) is 1. The van der Waals surface area contributed by atoms with Gasteiger partial charge in [-0.25, -0.2) is 4.79 Å². The topological polar surface area (TPSA) is 90.0 Å². The minimum absolute atomic E-state index is 0.234. The minimum Gasteiger partial charge on any atom is -0.480 e. The number of carboxylic acids is 1. The number of hydrogen-bond acceptors (Lipinski definition) is 4. The molecule has 0 aliphatic carbocycles. The Hall–Kier alpha value is -1.63. The van der Waals surface area contributed by atoms with E-state index in [2.05, 4.69) is 5.32 Å². The average molecular weight is 297 g/mol. The second-order valence-electron chi connectivity index (χ2n) is 6.25. The molecule has 2 saturated heterocycles. The zero-order chi connectivity index (χ0) is 15.6. The standard InChI is InChI=1S/C14H23N3O4/c1-14(2)12(20)17(13(21)15-14)9-8-16-7-5-3-4-6-10(16)11(18)19/h10H,3-9H2,1-2H3,(H,15,21)(H,18,19). The van der Waals surface area contributed by atoms with Crippen LogP contribution in [0.5, 0.6) is 0 Å². The molecule has 3 amide bonds. The van der Waals surface area contributed by atoms with Crippen LogP contribution in [-0.2, 0) is 9.59 Å². The summed E-state index contributed by atoms with van der Waals surface area (Å²) >= 11 is 0. The van der Waals surface area contributed by atoms with Gasteiger partial charge in [-0.3, -0.25) is 19.4 Å². The molecular weight excluding hydrogens is 274 g/mol. The smallest absolute Gasteiger partial charge is 0.325 e. The lowest BCUT2D eigenvalue weighted by Gasteiger charge is -2.28. The average Bonchev–Trinajstić information content (AvgIpc) is 2.59. The van der Waals surface area contributed by atoms with Crippen LogP contribution in [0.2, 0.25) is 0 Å². The maximum absolute atomic E-state index is 12.1. The van der Waals surface area contributed by atoms with Gasteiger partial charge in [-0.2, -0.15) is 0 Å². The molecule has 7 nitrogen and oxygen atoms in total. The summed E-state index contributed by atoms with van der Waals surface area (Å²) in [6.45, 7) is 4.67. The first kappa shape index (κ1) is 15.8. The van der Waals surface area contributed by atoms with Crippen molar-refractivity contribution >= 4 is 17.9 Å². The van der Waals surface area contributed by atoms with Crippen molar-refractivity contribution in [2.45, 2.75) is 51.1 Å². The monoisotopic (exact) mass is 297 g/mol. The van der Waals surface area contributed by atoms with Gasteiger partial charge in [0.1, 0.15) is 11.6 Å². The Kier molecular flexibility index (Phi) is 4.51. The lowest BCUT2D eigenvalue weighted by atomic mass is 10.1. The highest BCUT2D eigenvalue weighted by atomic mass is 16.4. The van der Waals surface area contributed by atoms with Gasteiger partial charge in [0.25, 0.3) is 5.91 Å². The van der Waals surface area contributed by atoms with Crippen LogP contribution in [0.4, 0.5) is 4.79 Å². The van der Waals surface area contributed by atoms with Gasteiger partial charge < -0.3 is 10.4 Å². The minimum atomic E-state index is -0.873. The van der Waals surface area contributed by atoms with E-state index in [-0.39, 0.29) is 12.5 Å². The molecular formula is C14H23N3O4. The lowest BCUT2D eigenvalue weighted by Crippen LogP contribution is -2.46. The summed E-state index contributed by atoms with van der Waals surface area (Å²) in [6.07, 6.45) is 3.51. The first-order valence-corrected chi connectivity index (χ1v) is 7.44. The van der Waals surface area contributed by atoms with Gasteiger partial charge >= 0.3 is 12.0 Å². The molecule has 0 saturated carbocycles. The van der Waals surface area contributed by atoms with Crippen LogP contribution < -0.4 is 5.32 Å². The van der Waals surface area contributed by atoms with Crippen molar-refractivity contribution in [3.63, 3.8) is 0 Å². The van der Waals surface area contributed by atoms with Crippen molar-refractivity contribution < 1.29 is 19.5 Å². The highest BCUT2D eigenvalue weighted by Crippen LogP contribution is 2.19. The van der Waals surface area contributed by atoms with E-state index >= 15 is 0 Å². The van der Waals surface area contributed by atoms with E-state index in [0.717, 1.165) is 19.3 Å². The molecule has 0 aromatic rings. The zero-order valence-electron chi connectivity index (χ0n) is 12.6. The Balaban J connectivity index is 1.99. The molecule has 2 rings (SSSR count). The number of nitrogens with zero attached hydrogens (tertiary/aromatic N) is 2. The summed E-state index contributed by atoms with van der Waals surface area (Å²) in [4.78, 5) is 38.3. The summed E-state index contributed by atoms with van der Waals surface area (Å²) in [7, 11) is 0. The van der Waals surface area contributed by atoms with Gasteiger partial charge in [0.05, 0.1) is 0 Å². The summed E-state index contributed by atoms with van der Waals surface area (Å²) < 4.78 is 0. The number of aliphatic carboxylic acids is 1. The number of amides is 3. The molecule has 0 bridgehead atoms. The number of carbonyl (C=O) groups excluding carboxylic acids is 2. The Morgan fingerprint density at radius 1 is 1.29 bits per heavy atom. The number of rotatable bonds is 4. The number of hydrogen-bond donors (Lipinski definition) is 2. The fourth-order valence-electron chi connectivity index (χ4n) is 2.96. The molecule has 0 radical (unpaired) electrons. The maximum Gasteiger partial charge on any atom is 0.325 e. The molecule has 7 heteroatoms. The van der Waals surface area contributed by atoms with Crippen molar-refractivity contribution in [2.75, 3.05) is 19.6 Å². The summed E-state index contributed by atoms with van der Waals surface area (Å²) in [5.41, 5.74) is -0.873. The van der Waals surface area contributed by atoms with Crippen LogP contribution in [0.15, 0.2) is 0 Å². The molecule has 21 heavy (non-hydrogen) atoms. The van der Waals surface area contributed by atoms with Gasteiger partial charge in [-0.05, 0) is 33.2 Å². The Labute approximate surface area is 124 Å². The largest absolute Gasteiger partial charge is 0.480 e. The summed E-state index contributed by atoms with van der Waals surface area (Å²) in [5, 5.41) is 11.9. The van der Waals surface area contributed by atoms with Gasteiger partial charge in [0, 0.05) is 13.1 Å². The third-order valence-corrected chi connectivity index (χ3v) is 4.20. The molecule has 2 heterocycles. The van der Waals surface area contributed by atoms with E-state index in [1.54, 1.807) is 13.8 Å². The second-order valence-corrected chi connectivity index (χ2v) is 6.25. The highest BCUT2D eigenvalue weighted by Gasteiger charge is 2.44. The SMILES string of the molecule is CC1(C)NC(=O)N(CCN2CCCCCC2C(=O)O)C1=O. The Morgan fingerprint density at radius 2 is 2.00 bits per heavy atom.